The van der Waals surface area contributed by atoms with E-state index in [0.29, 0.717) is 0 Å². The highest BCUT2D eigenvalue weighted by Gasteiger charge is 2.40. The molecule has 5 nitrogen and oxygen atoms in total. The molecule has 1 aliphatic rings. The summed E-state index contributed by atoms with van der Waals surface area (Å²) in [4.78, 5) is 25.2. The molecule has 0 N–H and O–H groups in total. The van der Waals surface area contributed by atoms with Crippen molar-refractivity contribution in [1.82, 2.24) is 4.98 Å². The van der Waals surface area contributed by atoms with Gasteiger partial charge in [-0.1, -0.05) is 59.5 Å². The lowest BCUT2D eigenvalue weighted by molar-refractivity contribution is -0.114. The Bertz CT molecular complexity index is 1320. The molecule has 1 saturated heterocycles. The Balaban J connectivity index is 1.55. The van der Waals surface area contributed by atoms with Crippen molar-refractivity contribution >= 4 is 61.8 Å². The highest BCUT2D eigenvalue weighted by atomic mass is 32.2. The zero-order valence-corrected chi connectivity index (χ0v) is 21.2. The van der Waals surface area contributed by atoms with Crippen LogP contribution in [0, 0.1) is 0 Å². The fourth-order valence-electron chi connectivity index (χ4n) is 3.87. The quantitative estimate of drug-likeness (QED) is 0.312. The summed E-state index contributed by atoms with van der Waals surface area (Å²) in [6.07, 6.45) is 1.99. The Labute approximate surface area is 208 Å². The number of aromatic nitrogens is 1. The molecule has 7 heteroatoms. The summed E-state index contributed by atoms with van der Waals surface area (Å²) in [5.74, 6) is -0.0116. The van der Waals surface area contributed by atoms with Gasteiger partial charge < -0.3 is 9.80 Å². The fraction of sp³-hybridized carbons (Fsp3) is 0.185. The highest BCUT2D eigenvalue weighted by Crippen LogP contribution is 2.49. The number of carbonyl (C=O) groups excluding carboxylic acids is 1. The van der Waals surface area contributed by atoms with Crippen LogP contribution in [0.25, 0.3) is 16.3 Å². The van der Waals surface area contributed by atoms with Gasteiger partial charge in [-0.05, 0) is 53.6 Å². The molecule has 4 aromatic rings. The first-order valence-corrected chi connectivity index (χ1v) is 12.7. The highest BCUT2D eigenvalue weighted by molar-refractivity contribution is 8.05. The van der Waals surface area contributed by atoms with Crippen LogP contribution in [0.1, 0.15) is 16.5 Å². The molecule has 0 saturated carbocycles. The van der Waals surface area contributed by atoms with Gasteiger partial charge >= 0.3 is 0 Å². The van der Waals surface area contributed by atoms with E-state index in [1.54, 1.807) is 23.1 Å². The van der Waals surface area contributed by atoms with Crippen LogP contribution >= 0.6 is 23.1 Å². The molecule has 0 spiro atoms. The molecule has 172 valence electrons. The average molecular weight is 487 g/mol. The molecule has 1 atom stereocenters. The van der Waals surface area contributed by atoms with E-state index < -0.39 is 0 Å². The molecule has 34 heavy (non-hydrogen) atoms. The number of benzene rings is 3. The van der Waals surface area contributed by atoms with Gasteiger partial charge in [0.2, 0.25) is 0 Å². The van der Waals surface area contributed by atoms with Gasteiger partial charge in [-0.25, -0.2) is 4.98 Å². The molecule has 3 aromatic carbocycles. The summed E-state index contributed by atoms with van der Waals surface area (Å²) >= 11 is 3.14. The number of amides is 1. The lowest BCUT2D eigenvalue weighted by Gasteiger charge is -2.21. The standard InChI is InChI=1S/C27H26N4OS2/c1-29(2)20-13-9-18(10-14-20)17-24-25(32)31(27-28-22-7-5-6-8-23(22)34-27)26(33-24)19-11-15-21(16-12-19)30(3)4/h5-17,26H,1-4H3/b24-17-. The second kappa shape index (κ2) is 9.16. The Hall–Kier alpha value is -3.29. The zero-order chi connectivity index (χ0) is 23.8. The van der Waals surface area contributed by atoms with Gasteiger partial charge in [-0.15, -0.1) is 0 Å². The third-order valence-electron chi connectivity index (χ3n) is 5.79. The van der Waals surface area contributed by atoms with Gasteiger partial charge in [0.25, 0.3) is 5.91 Å². The molecular formula is C27H26N4OS2. The Morgan fingerprint density at radius 1 is 0.853 bits per heavy atom. The second-order valence-corrected chi connectivity index (χ2v) is 10.7. The summed E-state index contributed by atoms with van der Waals surface area (Å²) in [5.41, 5.74) is 5.26. The minimum absolute atomic E-state index is 0.0116. The van der Waals surface area contributed by atoms with Crippen molar-refractivity contribution in [2.24, 2.45) is 0 Å². The van der Waals surface area contributed by atoms with Gasteiger partial charge in [-0.3, -0.25) is 9.69 Å². The molecule has 0 radical (unpaired) electrons. The van der Waals surface area contributed by atoms with Crippen LogP contribution in [-0.2, 0) is 4.79 Å². The zero-order valence-electron chi connectivity index (χ0n) is 19.6. The maximum Gasteiger partial charge on any atom is 0.267 e. The number of thiazole rings is 1. The van der Waals surface area contributed by atoms with E-state index in [1.165, 1.54) is 0 Å². The van der Waals surface area contributed by atoms with Crippen LogP contribution in [0.5, 0.6) is 0 Å². The summed E-state index contributed by atoms with van der Waals surface area (Å²) in [6, 6.07) is 24.7. The van der Waals surface area contributed by atoms with Crippen molar-refractivity contribution in [3.63, 3.8) is 0 Å². The lowest BCUT2D eigenvalue weighted by atomic mass is 10.1. The normalized spacial score (nSPS) is 17.1. The van der Waals surface area contributed by atoms with Crippen molar-refractivity contribution in [1.29, 1.82) is 0 Å². The smallest absolute Gasteiger partial charge is 0.267 e. The van der Waals surface area contributed by atoms with Crippen molar-refractivity contribution in [2.75, 3.05) is 42.9 Å². The summed E-state index contributed by atoms with van der Waals surface area (Å²) < 4.78 is 1.08. The molecule has 2 heterocycles. The number of anilines is 3. The van der Waals surface area contributed by atoms with Crippen LogP contribution < -0.4 is 14.7 Å². The maximum atomic E-state index is 13.7. The van der Waals surface area contributed by atoms with Crippen LogP contribution in [0.15, 0.2) is 77.7 Å². The third-order valence-corrected chi connectivity index (χ3v) is 8.08. The predicted octanol–water partition coefficient (Wildman–Crippen LogP) is 6.25. The van der Waals surface area contributed by atoms with E-state index in [-0.39, 0.29) is 11.3 Å². The van der Waals surface area contributed by atoms with E-state index >= 15 is 0 Å². The van der Waals surface area contributed by atoms with Crippen LogP contribution in [0.2, 0.25) is 0 Å². The van der Waals surface area contributed by atoms with E-state index in [1.807, 2.05) is 63.4 Å². The monoisotopic (exact) mass is 486 g/mol. The molecule has 1 aliphatic heterocycles. The van der Waals surface area contributed by atoms with E-state index in [2.05, 4.69) is 58.3 Å². The van der Waals surface area contributed by atoms with Gasteiger partial charge in [0.1, 0.15) is 5.37 Å². The first-order chi connectivity index (χ1) is 16.4. The molecular weight excluding hydrogens is 460 g/mol. The van der Waals surface area contributed by atoms with Gasteiger partial charge in [0.15, 0.2) is 5.13 Å². The minimum atomic E-state index is -0.170. The molecule has 0 aliphatic carbocycles. The fourth-order valence-corrected chi connectivity index (χ4v) is 6.17. The Kier molecular flexibility index (Phi) is 6.06. The first kappa shape index (κ1) is 22.5. The van der Waals surface area contributed by atoms with Crippen molar-refractivity contribution in [3.8, 4) is 0 Å². The van der Waals surface area contributed by atoms with Crippen LogP contribution in [0.3, 0.4) is 0 Å². The van der Waals surface area contributed by atoms with Crippen LogP contribution in [-0.4, -0.2) is 39.1 Å². The van der Waals surface area contributed by atoms with E-state index in [9.17, 15) is 4.79 Å². The number of hydrogen-bond acceptors (Lipinski definition) is 6. The van der Waals surface area contributed by atoms with Crippen LogP contribution in [0.4, 0.5) is 16.5 Å². The summed E-state index contributed by atoms with van der Waals surface area (Å²) in [6.45, 7) is 0. The number of carbonyl (C=O) groups is 1. The average Bonchev–Trinajstić information content (AvgIpc) is 3.40. The van der Waals surface area contributed by atoms with Crippen molar-refractivity contribution in [3.05, 3.63) is 88.8 Å². The topological polar surface area (TPSA) is 39.7 Å². The number of thioether (sulfide) groups is 1. The molecule has 5 rings (SSSR count). The van der Waals surface area contributed by atoms with Gasteiger partial charge in [-0.2, -0.15) is 0 Å². The van der Waals surface area contributed by atoms with Gasteiger partial charge in [0, 0.05) is 39.6 Å². The molecule has 1 amide bonds. The molecule has 0 bridgehead atoms. The van der Waals surface area contributed by atoms with Gasteiger partial charge in [0.05, 0.1) is 15.1 Å². The first-order valence-electron chi connectivity index (χ1n) is 11.0. The number of nitrogens with zero attached hydrogens (tertiary/aromatic N) is 4. The molecule has 1 fully saturated rings. The van der Waals surface area contributed by atoms with E-state index in [0.717, 1.165) is 42.8 Å². The SMILES string of the molecule is CN(C)c1ccc(/C=C2\SC(c3ccc(N(C)C)cc3)N(c3nc4ccccc4s3)C2=O)cc1. The largest absolute Gasteiger partial charge is 0.378 e. The second-order valence-electron chi connectivity index (χ2n) is 8.59. The predicted molar refractivity (Wildman–Crippen MR) is 147 cm³/mol. The molecule has 1 aromatic heterocycles. The Morgan fingerprint density at radius 3 is 2.09 bits per heavy atom. The number of fused-ring (bicyclic) bond motifs is 1. The maximum absolute atomic E-state index is 13.7. The van der Waals surface area contributed by atoms with Crippen molar-refractivity contribution < 1.29 is 4.79 Å². The molecule has 1 unspecified atom stereocenters. The number of rotatable bonds is 5. The minimum Gasteiger partial charge on any atom is -0.378 e. The lowest BCUT2D eigenvalue weighted by Crippen LogP contribution is -2.27. The third kappa shape index (κ3) is 4.29. The summed E-state index contributed by atoms with van der Waals surface area (Å²) in [7, 11) is 8.09. The number of hydrogen-bond donors (Lipinski definition) is 0. The summed E-state index contributed by atoms with van der Waals surface area (Å²) in [5, 5.41) is 0.559. The van der Waals surface area contributed by atoms with E-state index in [4.69, 9.17) is 4.98 Å². The number of para-hydroxylation sites is 1. The Morgan fingerprint density at radius 2 is 1.47 bits per heavy atom. The van der Waals surface area contributed by atoms with Crippen molar-refractivity contribution in [2.45, 2.75) is 5.37 Å².